The second kappa shape index (κ2) is 9.77. The normalized spacial score (nSPS) is 15.8. The smallest absolute Gasteiger partial charge is 0.271 e. The van der Waals surface area contributed by atoms with Gasteiger partial charge in [-0.15, -0.1) is 21.5 Å². The second-order valence-electron chi connectivity index (χ2n) is 6.79. The number of aromatic nitrogens is 3. The van der Waals surface area contributed by atoms with E-state index in [1.807, 2.05) is 22.1 Å². The number of amides is 1. The number of ether oxygens (including phenoxy) is 1. The molecule has 0 aliphatic carbocycles. The standard InChI is InChI=1S/C19H18ClN5O4S2/c20-14-9-12(25(27)28)5-6-15(14)21-17(26)11-31-19-23-22-18(16-4-2-8-30-16)24(19)10-13-3-1-7-29-13/h2,4-6,8-9,13H,1,3,7,10-11H2,(H,21,26). The fourth-order valence-corrected chi connectivity index (χ4v) is 4.86. The molecule has 1 aromatic carbocycles. The molecule has 9 nitrogen and oxygen atoms in total. The van der Waals surface area contributed by atoms with Crippen LogP contribution in [-0.4, -0.2) is 44.1 Å². The Kier molecular flexibility index (Phi) is 6.86. The SMILES string of the molecule is O=C(CSc1nnc(-c2cccs2)n1CC1CCCO1)Nc1ccc([N+](=O)[O-])cc1Cl. The highest BCUT2D eigenvalue weighted by molar-refractivity contribution is 7.99. The third-order valence-electron chi connectivity index (χ3n) is 4.64. The number of rotatable bonds is 8. The van der Waals surface area contributed by atoms with Crippen molar-refractivity contribution in [1.29, 1.82) is 0 Å². The highest BCUT2D eigenvalue weighted by Gasteiger charge is 2.23. The number of thioether (sulfide) groups is 1. The maximum absolute atomic E-state index is 12.4. The van der Waals surface area contributed by atoms with Gasteiger partial charge in [-0.25, -0.2) is 0 Å². The number of hydrogen-bond donors (Lipinski definition) is 1. The van der Waals surface area contributed by atoms with E-state index >= 15 is 0 Å². The first kappa shape index (κ1) is 21.8. The average molecular weight is 480 g/mol. The number of thiophene rings is 1. The van der Waals surface area contributed by atoms with Gasteiger partial charge >= 0.3 is 0 Å². The Morgan fingerprint density at radius 3 is 2.97 bits per heavy atom. The third kappa shape index (κ3) is 5.24. The van der Waals surface area contributed by atoms with Crippen LogP contribution in [0.3, 0.4) is 0 Å². The number of nitro benzene ring substituents is 1. The summed E-state index contributed by atoms with van der Waals surface area (Å²) in [6.45, 7) is 1.38. The summed E-state index contributed by atoms with van der Waals surface area (Å²) in [5, 5.41) is 24.8. The lowest BCUT2D eigenvalue weighted by Gasteiger charge is -2.14. The first-order valence-electron chi connectivity index (χ1n) is 9.46. The fraction of sp³-hybridized carbons (Fsp3) is 0.316. The van der Waals surface area contributed by atoms with Crippen molar-refractivity contribution < 1.29 is 14.5 Å². The highest BCUT2D eigenvalue weighted by atomic mass is 35.5. The fourth-order valence-electron chi connectivity index (χ4n) is 3.18. The zero-order valence-electron chi connectivity index (χ0n) is 16.2. The lowest BCUT2D eigenvalue weighted by Crippen LogP contribution is -2.18. The van der Waals surface area contributed by atoms with Crippen molar-refractivity contribution >= 4 is 52.0 Å². The van der Waals surface area contributed by atoms with Gasteiger partial charge in [0.25, 0.3) is 5.69 Å². The molecule has 3 heterocycles. The van der Waals surface area contributed by atoms with Crippen molar-refractivity contribution in [2.24, 2.45) is 0 Å². The Morgan fingerprint density at radius 1 is 1.42 bits per heavy atom. The van der Waals surface area contributed by atoms with Gasteiger partial charge in [-0.2, -0.15) is 0 Å². The van der Waals surface area contributed by atoms with Crippen molar-refractivity contribution in [3.05, 3.63) is 50.8 Å². The number of halogens is 1. The number of nitrogens with one attached hydrogen (secondary N) is 1. The second-order valence-corrected chi connectivity index (χ2v) is 9.08. The Bertz CT molecular complexity index is 1080. The van der Waals surface area contributed by atoms with Crippen LogP contribution in [0.5, 0.6) is 0 Å². The van der Waals surface area contributed by atoms with Crippen LogP contribution in [0.25, 0.3) is 10.7 Å². The predicted molar refractivity (Wildman–Crippen MR) is 120 cm³/mol. The van der Waals surface area contributed by atoms with Gasteiger partial charge in [-0.3, -0.25) is 19.5 Å². The Balaban J connectivity index is 1.45. The summed E-state index contributed by atoms with van der Waals surface area (Å²) in [7, 11) is 0. The van der Waals surface area contributed by atoms with E-state index in [1.54, 1.807) is 11.3 Å². The molecular weight excluding hydrogens is 462 g/mol. The molecule has 1 aliphatic heterocycles. The van der Waals surface area contributed by atoms with Gasteiger partial charge in [0.15, 0.2) is 11.0 Å². The molecule has 1 aliphatic rings. The van der Waals surface area contributed by atoms with E-state index in [9.17, 15) is 14.9 Å². The molecule has 0 saturated carbocycles. The first-order valence-corrected chi connectivity index (χ1v) is 11.7. The molecule has 1 atom stereocenters. The summed E-state index contributed by atoms with van der Waals surface area (Å²) in [4.78, 5) is 23.7. The number of carbonyl (C=O) groups is 1. The minimum absolute atomic E-state index is 0.0847. The molecule has 0 radical (unpaired) electrons. The molecule has 1 saturated heterocycles. The van der Waals surface area contributed by atoms with Gasteiger partial charge in [0.2, 0.25) is 5.91 Å². The Labute approximate surface area is 190 Å². The number of nitro groups is 1. The Morgan fingerprint density at radius 2 is 2.29 bits per heavy atom. The quantitative estimate of drug-likeness (QED) is 0.288. The van der Waals surface area contributed by atoms with Gasteiger partial charge in [-0.05, 0) is 30.4 Å². The highest BCUT2D eigenvalue weighted by Crippen LogP contribution is 2.30. The lowest BCUT2D eigenvalue weighted by molar-refractivity contribution is -0.384. The zero-order chi connectivity index (χ0) is 21.8. The number of carbonyl (C=O) groups excluding carboxylic acids is 1. The minimum atomic E-state index is -0.542. The summed E-state index contributed by atoms with van der Waals surface area (Å²) in [5.41, 5.74) is 0.179. The largest absolute Gasteiger partial charge is 0.376 e. The Hall–Kier alpha value is -2.47. The molecule has 12 heteroatoms. The van der Waals surface area contributed by atoms with E-state index in [1.165, 1.54) is 30.0 Å². The van der Waals surface area contributed by atoms with Crippen molar-refractivity contribution in [2.45, 2.75) is 30.6 Å². The molecule has 31 heavy (non-hydrogen) atoms. The zero-order valence-corrected chi connectivity index (χ0v) is 18.6. The number of benzene rings is 1. The van der Waals surface area contributed by atoms with E-state index in [4.69, 9.17) is 16.3 Å². The molecule has 1 unspecified atom stereocenters. The summed E-state index contributed by atoms with van der Waals surface area (Å²) < 4.78 is 7.77. The van der Waals surface area contributed by atoms with Gasteiger partial charge in [0, 0.05) is 18.7 Å². The molecule has 0 spiro atoms. The molecule has 1 N–H and O–H groups in total. The van der Waals surface area contributed by atoms with Crippen LogP contribution in [0.15, 0.2) is 40.9 Å². The third-order valence-corrected chi connectivity index (χ3v) is 6.78. The summed E-state index contributed by atoms with van der Waals surface area (Å²) in [5.74, 6) is 0.540. The topological polar surface area (TPSA) is 112 Å². The number of non-ortho nitro benzene ring substituents is 1. The van der Waals surface area contributed by atoms with E-state index < -0.39 is 4.92 Å². The monoisotopic (exact) mass is 479 g/mol. The molecule has 1 amide bonds. The van der Waals surface area contributed by atoms with Crippen LogP contribution in [0, 0.1) is 10.1 Å². The minimum Gasteiger partial charge on any atom is -0.376 e. The predicted octanol–water partition coefficient (Wildman–Crippen LogP) is 4.48. The maximum atomic E-state index is 12.4. The van der Waals surface area contributed by atoms with Crippen molar-refractivity contribution in [1.82, 2.24) is 14.8 Å². The van der Waals surface area contributed by atoms with E-state index in [-0.39, 0.29) is 28.5 Å². The molecule has 162 valence electrons. The molecule has 0 bridgehead atoms. The van der Waals surface area contributed by atoms with Gasteiger partial charge in [-0.1, -0.05) is 29.4 Å². The lowest BCUT2D eigenvalue weighted by atomic mass is 10.2. The summed E-state index contributed by atoms with van der Waals surface area (Å²) in [6.07, 6.45) is 2.11. The van der Waals surface area contributed by atoms with Crippen LogP contribution >= 0.6 is 34.7 Å². The first-order chi connectivity index (χ1) is 15.0. The van der Waals surface area contributed by atoms with Crippen molar-refractivity contribution in [2.75, 3.05) is 17.7 Å². The molecule has 4 rings (SSSR count). The summed E-state index contributed by atoms with van der Waals surface area (Å²) in [6, 6.07) is 7.85. The van der Waals surface area contributed by atoms with Gasteiger partial charge < -0.3 is 10.1 Å². The maximum Gasteiger partial charge on any atom is 0.271 e. The molecular formula is C19H18ClN5O4S2. The van der Waals surface area contributed by atoms with Gasteiger partial charge in [0.1, 0.15) is 0 Å². The van der Waals surface area contributed by atoms with Crippen molar-refractivity contribution in [3.63, 3.8) is 0 Å². The van der Waals surface area contributed by atoms with E-state index in [0.29, 0.717) is 17.4 Å². The number of anilines is 1. The van der Waals surface area contributed by atoms with E-state index in [2.05, 4.69) is 15.5 Å². The van der Waals surface area contributed by atoms with Gasteiger partial charge in [0.05, 0.1) is 38.9 Å². The van der Waals surface area contributed by atoms with Crippen LogP contribution in [0.2, 0.25) is 5.02 Å². The van der Waals surface area contributed by atoms with Crippen LogP contribution < -0.4 is 5.32 Å². The number of hydrogen-bond acceptors (Lipinski definition) is 8. The van der Waals surface area contributed by atoms with E-state index in [0.717, 1.165) is 30.2 Å². The average Bonchev–Trinajstić information content (AvgIpc) is 3.50. The molecule has 1 fully saturated rings. The molecule has 2 aromatic heterocycles. The molecule has 3 aromatic rings. The van der Waals surface area contributed by atoms with Crippen LogP contribution in [-0.2, 0) is 16.1 Å². The summed E-state index contributed by atoms with van der Waals surface area (Å²) >= 11 is 8.89. The van der Waals surface area contributed by atoms with Crippen molar-refractivity contribution in [3.8, 4) is 10.7 Å². The van der Waals surface area contributed by atoms with Crippen LogP contribution in [0.4, 0.5) is 11.4 Å². The van der Waals surface area contributed by atoms with Crippen LogP contribution in [0.1, 0.15) is 12.8 Å². The number of nitrogens with zero attached hydrogens (tertiary/aromatic N) is 4.